The second-order valence-corrected chi connectivity index (χ2v) is 3.61. The highest BCUT2D eigenvalue weighted by atomic mass is 19.1. The summed E-state index contributed by atoms with van der Waals surface area (Å²) in [5, 5.41) is 8.86. The third kappa shape index (κ3) is 2.14. The topological polar surface area (TPSA) is 49.8 Å². The molecule has 1 unspecified atom stereocenters. The molecule has 1 aliphatic heterocycles. The Kier molecular flexibility index (Phi) is 3.05. The van der Waals surface area contributed by atoms with Gasteiger partial charge in [0.25, 0.3) is 0 Å². The predicted molar refractivity (Wildman–Crippen MR) is 55.7 cm³/mol. The van der Waals surface area contributed by atoms with Crippen LogP contribution < -0.4 is 4.90 Å². The Hall–Kier alpha value is -1.62. The van der Waals surface area contributed by atoms with Crippen LogP contribution in [0.2, 0.25) is 0 Å². The molecule has 1 heterocycles. The fourth-order valence-electron chi connectivity index (χ4n) is 1.61. The van der Waals surface area contributed by atoms with Crippen molar-refractivity contribution >= 4 is 11.8 Å². The number of carbonyl (C=O) groups is 1. The van der Waals surface area contributed by atoms with Crippen molar-refractivity contribution in [2.24, 2.45) is 0 Å². The van der Waals surface area contributed by atoms with Crippen LogP contribution in [0.25, 0.3) is 0 Å². The highest BCUT2D eigenvalue weighted by molar-refractivity contribution is 5.88. The van der Waals surface area contributed by atoms with Gasteiger partial charge < -0.3 is 9.84 Å². The lowest BCUT2D eigenvalue weighted by Gasteiger charge is -2.30. The number of amides is 1. The van der Waals surface area contributed by atoms with Crippen molar-refractivity contribution in [3.8, 4) is 0 Å². The van der Waals surface area contributed by atoms with Crippen molar-refractivity contribution < 1.29 is 19.0 Å². The van der Waals surface area contributed by atoms with Crippen molar-refractivity contribution in [2.45, 2.75) is 12.5 Å². The van der Waals surface area contributed by atoms with Crippen LogP contribution in [0.15, 0.2) is 24.3 Å². The maximum Gasteiger partial charge on any atom is 0.414 e. The van der Waals surface area contributed by atoms with Crippen molar-refractivity contribution in [3.05, 3.63) is 30.1 Å². The van der Waals surface area contributed by atoms with E-state index in [-0.39, 0.29) is 12.4 Å². The van der Waals surface area contributed by atoms with Gasteiger partial charge in [0.15, 0.2) is 0 Å². The van der Waals surface area contributed by atoms with Gasteiger partial charge >= 0.3 is 6.09 Å². The lowest BCUT2D eigenvalue weighted by atomic mass is 10.2. The average Bonchev–Trinajstić information content (AvgIpc) is 2.30. The van der Waals surface area contributed by atoms with Crippen LogP contribution >= 0.6 is 0 Å². The summed E-state index contributed by atoms with van der Waals surface area (Å²) in [5.41, 5.74) is 0.600. The molecule has 0 saturated carbocycles. The number of hydrogen-bond acceptors (Lipinski definition) is 3. The first-order valence-corrected chi connectivity index (χ1v) is 5.05. The van der Waals surface area contributed by atoms with E-state index in [1.165, 1.54) is 29.2 Å². The van der Waals surface area contributed by atoms with Gasteiger partial charge in [-0.3, -0.25) is 4.90 Å². The van der Waals surface area contributed by atoms with Crippen LogP contribution in [0.3, 0.4) is 0 Å². The second-order valence-electron chi connectivity index (χ2n) is 3.61. The molecular weight excluding hydrogens is 213 g/mol. The van der Waals surface area contributed by atoms with Gasteiger partial charge in [-0.05, 0) is 24.3 Å². The molecule has 1 N–H and O–H groups in total. The minimum absolute atomic E-state index is 0.164. The largest absolute Gasteiger partial charge is 0.443 e. The fraction of sp³-hybridized carbons (Fsp3) is 0.364. The first kappa shape index (κ1) is 10.9. The van der Waals surface area contributed by atoms with E-state index < -0.39 is 12.2 Å². The van der Waals surface area contributed by atoms with Crippen LogP contribution in [0.1, 0.15) is 6.42 Å². The summed E-state index contributed by atoms with van der Waals surface area (Å²) in [6, 6.07) is 5.63. The number of benzene rings is 1. The van der Waals surface area contributed by atoms with Crippen LogP contribution in [0.4, 0.5) is 14.9 Å². The van der Waals surface area contributed by atoms with E-state index >= 15 is 0 Å². The number of cyclic esters (lactones) is 1. The molecule has 0 spiro atoms. The third-order valence-corrected chi connectivity index (χ3v) is 2.50. The predicted octanol–water partition coefficient (Wildman–Crippen LogP) is 1.53. The molecule has 2 rings (SSSR count). The molecule has 0 aliphatic carbocycles. The monoisotopic (exact) mass is 225 g/mol. The average molecular weight is 225 g/mol. The van der Waals surface area contributed by atoms with Gasteiger partial charge in [0, 0.05) is 18.7 Å². The molecule has 1 saturated heterocycles. The molecule has 1 atom stereocenters. The summed E-state index contributed by atoms with van der Waals surface area (Å²) in [6.45, 7) is 0.304. The second kappa shape index (κ2) is 4.49. The van der Waals surface area contributed by atoms with Gasteiger partial charge in [0.1, 0.15) is 11.9 Å². The van der Waals surface area contributed by atoms with E-state index in [0.29, 0.717) is 18.7 Å². The van der Waals surface area contributed by atoms with E-state index in [1.54, 1.807) is 0 Å². The first-order chi connectivity index (χ1) is 7.70. The van der Waals surface area contributed by atoms with Gasteiger partial charge in [-0.1, -0.05) is 0 Å². The van der Waals surface area contributed by atoms with Gasteiger partial charge in [0.05, 0.1) is 6.61 Å². The number of carbonyl (C=O) groups excluding carboxylic acids is 1. The molecule has 1 aromatic carbocycles. The zero-order valence-electron chi connectivity index (χ0n) is 8.60. The summed E-state index contributed by atoms with van der Waals surface area (Å²) < 4.78 is 17.7. The first-order valence-electron chi connectivity index (χ1n) is 5.05. The van der Waals surface area contributed by atoms with Gasteiger partial charge in [0.2, 0.25) is 0 Å². The van der Waals surface area contributed by atoms with Crippen LogP contribution in [-0.4, -0.2) is 30.5 Å². The van der Waals surface area contributed by atoms with E-state index in [9.17, 15) is 9.18 Å². The number of hydrogen-bond donors (Lipinski definition) is 1. The van der Waals surface area contributed by atoms with Crippen molar-refractivity contribution in [2.75, 3.05) is 18.1 Å². The highest BCUT2D eigenvalue weighted by Gasteiger charge is 2.27. The van der Waals surface area contributed by atoms with Crippen molar-refractivity contribution in [1.29, 1.82) is 0 Å². The van der Waals surface area contributed by atoms with Crippen LogP contribution in [0.5, 0.6) is 0 Å². The summed E-state index contributed by atoms with van der Waals surface area (Å²) in [7, 11) is 0. The molecule has 16 heavy (non-hydrogen) atoms. The maximum atomic E-state index is 12.7. The SMILES string of the molecule is O=C1OC(CO)CCN1c1ccc(F)cc1. The summed E-state index contributed by atoms with van der Waals surface area (Å²) >= 11 is 0. The summed E-state index contributed by atoms with van der Waals surface area (Å²) in [4.78, 5) is 13.0. The van der Waals surface area contributed by atoms with Gasteiger partial charge in [-0.2, -0.15) is 0 Å². The number of rotatable bonds is 2. The van der Waals surface area contributed by atoms with Crippen LogP contribution in [0, 0.1) is 5.82 Å². The molecule has 1 aliphatic rings. The molecule has 0 radical (unpaired) electrons. The zero-order valence-corrected chi connectivity index (χ0v) is 8.60. The number of anilines is 1. The Labute approximate surface area is 92.2 Å². The standard InChI is InChI=1S/C11H12FNO3/c12-8-1-3-9(4-2-8)13-6-5-10(7-14)16-11(13)15/h1-4,10,14H,5-7H2. The minimum Gasteiger partial charge on any atom is -0.443 e. The minimum atomic E-state index is -0.503. The Morgan fingerprint density at radius 2 is 2.12 bits per heavy atom. The quantitative estimate of drug-likeness (QED) is 0.830. The fourth-order valence-corrected chi connectivity index (χ4v) is 1.61. The number of aliphatic hydroxyl groups excluding tert-OH is 1. The molecule has 0 bridgehead atoms. The lowest BCUT2D eigenvalue weighted by molar-refractivity contribution is 0.0453. The van der Waals surface area contributed by atoms with E-state index in [2.05, 4.69) is 0 Å². The van der Waals surface area contributed by atoms with E-state index in [4.69, 9.17) is 9.84 Å². The molecule has 1 amide bonds. The van der Waals surface area contributed by atoms with Crippen molar-refractivity contribution in [1.82, 2.24) is 0 Å². The molecule has 86 valence electrons. The Morgan fingerprint density at radius 3 is 2.69 bits per heavy atom. The number of nitrogens with zero attached hydrogens (tertiary/aromatic N) is 1. The van der Waals surface area contributed by atoms with Gasteiger partial charge in [-0.25, -0.2) is 9.18 Å². The molecular formula is C11H12FNO3. The lowest BCUT2D eigenvalue weighted by Crippen LogP contribution is -2.43. The number of ether oxygens (including phenoxy) is 1. The van der Waals surface area contributed by atoms with Gasteiger partial charge in [-0.15, -0.1) is 0 Å². The Morgan fingerprint density at radius 1 is 1.44 bits per heavy atom. The molecule has 5 heteroatoms. The molecule has 0 aromatic heterocycles. The van der Waals surface area contributed by atoms with E-state index in [1.807, 2.05) is 0 Å². The van der Waals surface area contributed by atoms with Crippen molar-refractivity contribution in [3.63, 3.8) is 0 Å². The third-order valence-electron chi connectivity index (χ3n) is 2.50. The molecule has 4 nitrogen and oxygen atoms in total. The van der Waals surface area contributed by atoms with Crippen LogP contribution in [-0.2, 0) is 4.74 Å². The number of aliphatic hydroxyl groups is 1. The maximum absolute atomic E-state index is 12.7. The molecule has 1 aromatic rings. The zero-order chi connectivity index (χ0) is 11.5. The summed E-state index contributed by atoms with van der Waals surface area (Å²) in [6.07, 6.45) is -0.360. The van der Waals surface area contributed by atoms with E-state index in [0.717, 1.165) is 0 Å². The molecule has 1 fully saturated rings. The Balaban J connectivity index is 2.11. The highest BCUT2D eigenvalue weighted by Crippen LogP contribution is 2.21. The normalized spacial score (nSPS) is 20.8. The Bertz CT molecular complexity index is 379. The summed E-state index contributed by atoms with van der Waals surface area (Å²) in [5.74, 6) is -0.345. The smallest absolute Gasteiger partial charge is 0.414 e. The number of halogens is 1.